The summed E-state index contributed by atoms with van der Waals surface area (Å²) < 4.78 is 38.1. The summed E-state index contributed by atoms with van der Waals surface area (Å²) in [6.45, 7) is 32.7. The van der Waals surface area contributed by atoms with Crippen LogP contribution >= 0.6 is 0 Å². The molecule has 0 spiro atoms. The Bertz CT molecular complexity index is 1600. The summed E-state index contributed by atoms with van der Waals surface area (Å²) in [5.74, 6) is -4.26. The molecule has 0 aromatic heterocycles. The van der Waals surface area contributed by atoms with Crippen LogP contribution in [0.15, 0.2) is 49.6 Å². The topological polar surface area (TPSA) is 291 Å². The number of esters is 8. The lowest BCUT2D eigenvalue weighted by Crippen LogP contribution is -2.31. The first-order valence-corrected chi connectivity index (χ1v) is 22.1. The SMILES string of the molecule is C=C(C)C(=O)OCC(O)COC(=O)C(C)(C)CC.C=C(C)C(=O)OCC(O)COC(=O)C(C)CC.C=CC(=O)OCC(O)COC(=O)C(C)(C)CC.C=CC(=O)OCC(O)COC(=O)C(C)CC. The molecule has 0 saturated heterocycles. The van der Waals surface area contributed by atoms with Crippen LogP contribution in [0, 0.1) is 22.7 Å². The van der Waals surface area contributed by atoms with Gasteiger partial charge in [-0.3, -0.25) is 19.2 Å². The summed E-state index contributed by atoms with van der Waals surface area (Å²) in [5.41, 5.74) is -0.633. The van der Waals surface area contributed by atoms with Crippen molar-refractivity contribution in [1.82, 2.24) is 0 Å². The van der Waals surface area contributed by atoms with Gasteiger partial charge in [-0.15, -0.1) is 0 Å². The Hall–Kier alpha value is -5.44. The second-order valence-corrected chi connectivity index (χ2v) is 16.6. The fraction of sp³-hybridized carbons (Fsp3) is 0.667. The number of hydrogen-bond donors (Lipinski definition) is 4. The average Bonchev–Trinajstić information content (AvgIpc) is 3.31. The molecule has 0 radical (unpaired) electrons. The summed E-state index contributed by atoms with van der Waals surface area (Å²) in [7, 11) is 0. The third-order valence-electron chi connectivity index (χ3n) is 9.23. The molecule has 0 aliphatic heterocycles. The highest BCUT2D eigenvalue weighted by molar-refractivity contribution is 5.87. The third-order valence-corrected chi connectivity index (χ3v) is 9.23. The van der Waals surface area contributed by atoms with Gasteiger partial charge in [-0.2, -0.15) is 0 Å². The molecule has 0 aromatic rings. The van der Waals surface area contributed by atoms with Crippen LogP contribution in [0.1, 0.15) is 109 Å². The highest BCUT2D eigenvalue weighted by atomic mass is 16.6. The van der Waals surface area contributed by atoms with Crippen molar-refractivity contribution < 1.29 is 96.7 Å². The standard InChI is InChI=1S/C13H22O5.2C12H20O5.C11H18O5/c1-6-13(4,5)12(16)18-8-10(14)7-17-11(15)9(2)3;1-5-9(4)12(15)17-7-10(13)6-16-11(14)8(2)3;1-5-10(14)16-7-9(13)8-17-11(15)12(3,4)6-2;1-4-8(3)11(14)16-7-9(12)6-15-10(13)5-2/h10,14H,2,6-8H2,1,3-5H3;9-10,13H,2,5-7H2,1,3-4H3;5,9,13H,1,6-8H2,2-4H3;5,8-9,12H,2,4,6-7H2,1,3H3. The largest absolute Gasteiger partial charge is 0.463 e. The predicted molar refractivity (Wildman–Crippen MR) is 249 cm³/mol. The van der Waals surface area contributed by atoms with E-state index in [2.05, 4.69) is 35.8 Å². The molecule has 6 atom stereocenters. The van der Waals surface area contributed by atoms with E-state index in [1.54, 1.807) is 41.5 Å². The summed E-state index contributed by atoms with van der Waals surface area (Å²) in [4.78, 5) is 89.0. The fourth-order valence-electron chi connectivity index (χ4n) is 3.25. The van der Waals surface area contributed by atoms with Gasteiger partial charge < -0.3 is 58.3 Å². The van der Waals surface area contributed by atoms with Gasteiger partial charge in [0.2, 0.25) is 0 Å². The van der Waals surface area contributed by atoms with E-state index in [1.807, 2.05) is 27.7 Å². The molecule has 0 heterocycles. The quantitative estimate of drug-likeness (QED) is 0.0485. The molecule has 68 heavy (non-hydrogen) atoms. The van der Waals surface area contributed by atoms with Gasteiger partial charge in [0.15, 0.2) is 0 Å². The molecule has 0 fully saturated rings. The zero-order valence-corrected chi connectivity index (χ0v) is 42.3. The maximum atomic E-state index is 11.6. The zero-order valence-electron chi connectivity index (χ0n) is 42.3. The molecule has 4 N–H and O–H groups in total. The van der Waals surface area contributed by atoms with E-state index in [1.165, 1.54) is 13.8 Å². The third kappa shape index (κ3) is 36.7. The van der Waals surface area contributed by atoms with Crippen molar-refractivity contribution >= 4 is 47.8 Å². The zero-order chi connectivity index (χ0) is 53.8. The molecule has 0 amide bonds. The van der Waals surface area contributed by atoms with Crippen LogP contribution in [0.5, 0.6) is 0 Å². The minimum atomic E-state index is -1.02. The van der Waals surface area contributed by atoms with E-state index in [9.17, 15) is 58.8 Å². The number of aliphatic hydroxyl groups excluding tert-OH is 4. The molecular formula is C48H80O20. The molecule has 20 nitrogen and oxygen atoms in total. The number of hydrogen-bond acceptors (Lipinski definition) is 20. The second kappa shape index (κ2) is 38.5. The first-order valence-electron chi connectivity index (χ1n) is 22.1. The van der Waals surface area contributed by atoms with E-state index in [-0.39, 0.29) is 99.7 Å². The van der Waals surface area contributed by atoms with Crippen LogP contribution in [0.4, 0.5) is 0 Å². The monoisotopic (exact) mass is 977 g/mol. The maximum absolute atomic E-state index is 11.6. The molecule has 20 heteroatoms. The fourth-order valence-corrected chi connectivity index (χ4v) is 3.25. The Morgan fingerprint density at radius 3 is 0.912 bits per heavy atom. The lowest BCUT2D eigenvalue weighted by Gasteiger charge is -2.21. The van der Waals surface area contributed by atoms with Crippen molar-refractivity contribution in [2.45, 2.75) is 133 Å². The lowest BCUT2D eigenvalue weighted by atomic mass is 9.91. The molecule has 392 valence electrons. The first kappa shape index (κ1) is 69.1. The van der Waals surface area contributed by atoms with Gasteiger partial charge in [0, 0.05) is 23.3 Å². The Balaban J connectivity index is -0.000000402. The minimum absolute atomic E-state index is 0.173. The molecule has 0 aliphatic carbocycles. The average molecular weight is 977 g/mol. The lowest BCUT2D eigenvalue weighted by molar-refractivity contribution is -0.160. The van der Waals surface area contributed by atoms with Gasteiger partial charge in [-0.25, -0.2) is 19.2 Å². The van der Waals surface area contributed by atoms with E-state index < -0.39 is 59.1 Å². The molecule has 6 unspecified atom stereocenters. The van der Waals surface area contributed by atoms with Crippen molar-refractivity contribution in [3.63, 3.8) is 0 Å². The number of rotatable bonds is 28. The second-order valence-electron chi connectivity index (χ2n) is 16.6. The summed E-state index contributed by atoms with van der Waals surface area (Å²) in [6.07, 6.45) is 0.597. The first-order chi connectivity index (χ1) is 31.4. The van der Waals surface area contributed by atoms with Crippen molar-refractivity contribution in [2.75, 3.05) is 52.9 Å². The Kier molecular flexibility index (Phi) is 39.2. The normalized spacial score (nSPS) is 13.2. The Morgan fingerprint density at radius 2 is 0.691 bits per heavy atom. The highest BCUT2D eigenvalue weighted by Crippen LogP contribution is 2.22. The van der Waals surface area contributed by atoms with Crippen LogP contribution < -0.4 is 0 Å². The van der Waals surface area contributed by atoms with Gasteiger partial charge in [-0.05, 0) is 67.2 Å². The number of carbonyl (C=O) groups is 8. The van der Waals surface area contributed by atoms with Gasteiger partial charge in [0.1, 0.15) is 77.3 Å². The van der Waals surface area contributed by atoms with E-state index in [0.29, 0.717) is 25.7 Å². The van der Waals surface area contributed by atoms with Gasteiger partial charge in [0.25, 0.3) is 0 Å². The molecule has 0 bridgehead atoms. The van der Waals surface area contributed by atoms with Crippen molar-refractivity contribution in [1.29, 1.82) is 0 Å². The Morgan fingerprint density at radius 1 is 0.456 bits per heavy atom. The smallest absolute Gasteiger partial charge is 0.333 e. The van der Waals surface area contributed by atoms with Crippen molar-refractivity contribution in [3.05, 3.63) is 49.6 Å². The maximum Gasteiger partial charge on any atom is 0.333 e. The molecule has 0 aromatic carbocycles. The molecular weight excluding hydrogens is 897 g/mol. The van der Waals surface area contributed by atoms with Crippen molar-refractivity contribution in [3.8, 4) is 0 Å². The summed E-state index contributed by atoms with van der Waals surface area (Å²) in [5, 5.41) is 37.6. The van der Waals surface area contributed by atoms with Gasteiger partial charge in [0.05, 0.1) is 22.7 Å². The number of ether oxygens (including phenoxy) is 8. The van der Waals surface area contributed by atoms with E-state index >= 15 is 0 Å². The Labute approximate surface area is 402 Å². The van der Waals surface area contributed by atoms with E-state index in [4.69, 9.17) is 28.4 Å². The predicted octanol–water partition coefficient (Wildman–Crippen LogP) is 4.22. The van der Waals surface area contributed by atoms with Gasteiger partial charge in [-0.1, -0.05) is 67.9 Å². The minimum Gasteiger partial charge on any atom is -0.463 e. The number of aliphatic hydroxyl groups is 4. The summed E-state index contributed by atoms with van der Waals surface area (Å²) >= 11 is 0. The van der Waals surface area contributed by atoms with Crippen LogP contribution in [0.3, 0.4) is 0 Å². The molecule has 0 rings (SSSR count). The molecule has 0 saturated carbocycles. The number of carbonyl (C=O) groups excluding carboxylic acids is 8. The van der Waals surface area contributed by atoms with Crippen LogP contribution in [-0.4, -0.2) is 145 Å². The van der Waals surface area contributed by atoms with E-state index in [0.717, 1.165) is 12.2 Å². The van der Waals surface area contributed by atoms with Crippen LogP contribution in [0.2, 0.25) is 0 Å². The summed E-state index contributed by atoms with van der Waals surface area (Å²) in [6, 6.07) is 0. The van der Waals surface area contributed by atoms with Gasteiger partial charge >= 0.3 is 47.8 Å². The highest BCUT2D eigenvalue weighted by Gasteiger charge is 2.29. The van der Waals surface area contributed by atoms with Crippen molar-refractivity contribution in [2.24, 2.45) is 22.7 Å². The molecule has 0 aliphatic rings. The van der Waals surface area contributed by atoms with Crippen LogP contribution in [0.25, 0.3) is 0 Å². The van der Waals surface area contributed by atoms with Crippen LogP contribution in [-0.2, 0) is 76.3 Å².